The van der Waals surface area contributed by atoms with E-state index >= 15 is 0 Å². The molecule has 2 aliphatic rings. The quantitative estimate of drug-likeness (QED) is 0.674. The number of fused-ring (bicyclic) bond motifs is 1. The van der Waals surface area contributed by atoms with Gasteiger partial charge in [-0.2, -0.15) is 0 Å². The average Bonchev–Trinajstić information content (AvgIpc) is 2.48. The molecular formula is C13H21NO2. The molecule has 3 heteroatoms. The zero-order chi connectivity index (χ0) is 12.0. The Morgan fingerprint density at radius 1 is 1.50 bits per heavy atom. The van der Waals surface area contributed by atoms with Crippen molar-refractivity contribution in [1.29, 1.82) is 0 Å². The van der Waals surface area contributed by atoms with Crippen molar-refractivity contribution in [2.75, 3.05) is 6.54 Å². The monoisotopic (exact) mass is 223 g/mol. The molecular weight excluding hydrogens is 202 g/mol. The minimum absolute atomic E-state index is 0.171. The second-order valence-electron chi connectivity index (χ2n) is 5.40. The van der Waals surface area contributed by atoms with Gasteiger partial charge in [0.05, 0.1) is 5.54 Å². The predicted octanol–water partition coefficient (Wildman–Crippen LogP) is 2.96. The van der Waals surface area contributed by atoms with E-state index in [-0.39, 0.29) is 17.6 Å². The zero-order valence-electron chi connectivity index (χ0n) is 10.5. The normalized spacial score (nSPS) is 38.5. The molecule has 2 saturated heterocycles. The number of hydrogen-bond acceptors (Lipinski definition) is 2. The lowest BCUT2D eigenvalue weighted by molar-refractivity contribution is -0.0167. The first-order valence-corrected chi connectivity index (χ1v) is 6.12. The van der Waals surface area contributed by atoms with Crippen molar-refractivity contribution in [3.63, 3.8) is 0 Å². The van der Waals surface area contributed by atoms with Crippen LogP contribution in [-0.2, 0) is 4.74 Å². The van der Waals surface area contributed by atoms with E-state index in [4.69, 9.17) is 4.74 Å². The molecule has 2 fully saturated rings. The number of hydrogen-bond donors (Lipinski definition) is 0. The van der Waals surface area contributed by atoms with Crippen LogP contribution in [0.25, 0.3) is 0 Å². The number of cyclic esters (lactones) is 1. The minimum Gasteiger partial charge on any atom is -0.436 e. The van der Waals surface area contributed by atoms with Crippen molar-refractivity contribution < 1.29 is 9.53 Å². The highest BCUT2D eigenvalue weighted by Gasteiger charge is 2.62. The number of ether oxygens (including phenoxy) is 1. The minimum atomic E-state index is -0.523. The molecule has 1 unspecified atom stereocenters. The van der Waals surface area contributed by atoms with Crippen LogP contribution in [0.5, 0.6) is 0 Å². The number of rotatable bonds is 2. The number of nitrogens with zero attached hydrogens (tertiary/aromatic N) is 1. The SMILES string of the molecule is C=C[C@]1(C(C)C)OC(=O)N2CCCCC21C. The van der Waals surface area contributed by atoms with Gasteiger partial charge in [-0.05, 0) is 38.2 Å². The summed E-state index contributed by atoms with van der Waals surface area (Å²) in [5, 5.41) is 0. The van der Waals surface area contributed by atoms with Gasteiger partial charge >= 0.3 is 6.09 Å². The van der Waals surface area contributed by atoms with Gasteiger partial charge < -0.3 is 4.74 Å². The standard InChI is InChI=1S/C13H21NO2/c1-5-13(10(2)3)12(4)8-6-7-9-14(12)11(15)16-13/h5,10H,1,6-9H2,2-4H3/t12?,13-/m1/s1. The highest BCUT2D eigenvalue weighted by Crippen LogP contribution is 2.49. The third kappa shape index (κ3) is 1.17. The van der Waals surface area contributed by atoms with Crippen LogP contribution in [0.15, 0.2) is 12.7 Å². The Hall–Kier alpha value is -0.990. The van der Waals surface area contributed by atoms with E-state index in [0.29, 0.717) is 0 Å². The first-order valence-electron chi connectivity index (χ1n) is 6.12. The Morgan fingerprint density at radius 3 is 2.75 bits per heavy atom. The lowest BCUT2D eigenvalue weighted by Gasteiger charge is -2.47. The Morgan fingerprint density at radius 2 is 2.19 bits per heavy atom. The summed E-state index contributed by atoms with van der Waals surface area (Å²) in [6.07, 6.45) is 4.90. The fraction of sp³-hybridized carbons (Fsp3) is 0.769. The predicted molar refractivity (Wildman–Crippen MR) is 63.2 cm³/mol. The topological polar surface area (TPSA) is 29.5 Å². The van der Waals surface area contributed by atoms with Crippen molar-refractivity contribution in [3.05, 3.63) is 12.7 Å². The van der Waals surface area contributed by atoms with Crippen molar-refractivity contribution in [3.8, 4) is 0 Å². The molecule has 0 radical (unpaired) electrons. The van der Waals surface area contributed by atoms with Crippen LogP contribution in [-0.4, -0.2) is 28.7 Å². The second-order valence-corrected chi connectivity index (χ2v) is 5.40. The van der Waals surface area contributed by atoms with E-state index < -0.39 is 5.60 Å². The summed E-state index contributed by atoms with van der Waals surface area (Å²) in [5.74, 6) is 0.252. The molecule has 2 aliphatic heterocycles. The van der Waals surface area contributed by atoms with Gasteiger partial charge in [0, 0.05) is 6.54 Å². The van der Waals surface area contributed by atoms with E-state index in [1.54, 1.807) is 0 Å². The molecule has 3 nitrogen and oxygen atoms in total. The van der Waals surface area contributed by atoms with Crippen LogP contribution in [0, 0.1) is 5.92 Å². The Labute approximate surface area is 97.5 Å². The molecule has 0 N–H and O–H groups in total. The molecule has 0 aromatic carbocycles. The van der Waals surface area contributed by atoms with E-state index in [1.165, 1.54) is 0 Å². The third-order valence-corrected chi connectivity index (χ3v) is 4.37. The van der Waals surface area contributed by atoms with Gasteiger partial charge in [0.1, 0.15) is 0 Å². The van der Waals surface area contributed by atoms with Gasteiger partial charge in [0.2, 0.25) is 0 Å². The lowest BCUT2D eigenvalue weighted by atomic mass is 9.69. The molecule has 90 valence electrons. The first kappa shape index (κ1) is 11.5. The summed E-state index contributed by atoms with van der Waals surface area (Å²) >= 11 is 0. The van der Waals surface area contributed by atoms with E-state index in [1.807, 2.05) is 11.0 Å². The largest absolute Gasteiger partial charge is 0.436 e. The lowest BCUT2D eigenvalue weighted by Crippen LogP contribution is -2.59. The Bertz CT molecular complexity index is 326. The fourth-order valence-electron chi connectivity index (χ4n) is 3.37. The zero-order valence-corrected chi connectivity index (χ0v) is 10.5. The maximum Gasteiger partial charge on any atom is 0.411 e. The summed E-state index contributed by atoms with van der Waals surface area (Å²) in [5.41, 5.74) is -0.733. The van der Waals surface area contributed by atoms with Crippen molar-refractivity contribution >= 4 is 6.09 Å². The number of carbonyl (C=O) groups excluding carboxylic acids is 1. The molecule has 0 bridgehead atoms. The molecule has 0 saturated carbocycles. The van der Waals surface area contributed by atoms with E-state index in [0.717, 1.165) is 25.8 Å². The van der Waals surface area contributed by atoms with Crippen LogP contribution in [0.1, 0.15) is 40.0 Å². The molecule has 2 heterocycles. The molecule has 16 heavy (non-hydrogen) atoms. The highest BCUT2D eigenvalue weighted by molar-refractivity contribution is 5.73. The average molecular weight is 223 g/mol. The molecule has 1 amide bonds. The second kappa shape index (κ2) is 3.51. The van der Waals surface area contributed by atoms with Crippen molar-refractivity contribution in [1.82, 2.24) is 4.90 Å². The summed E-state index contributed by atoms with van der Waals surface area (Å²) in [6.45, 7) is 11.0. The fourth-order valence-corrected chi connectivity index (χ4v) is 3.37. The maximum absolute atomic E-state index is 11.9. The van der Waals surface area contributed by atoms with Crippen LogP contribution in [0.4, 0.5) is 4.79 Å². The van der Waals surface area contributed by atoms with Crippen LogP contribution < -0.4 is 0 Å². The molecule has 0 aliphatic carbocycles. The van der Waals surface area contributed by atoms with Crippen molar-refractivity contribution in [2.45, 2.75) is 51.2 Å². The van der Waals surface area contributed by atoms with Gasteiger partial charge in [-0.1, -0.05) is 20.4 Å². The number of piperidine rings is 1. The van der Waals surface area contributed by atoms with Gasteiger partial charge in [-0.15, -0.1) is 0 Å². The summed E-state index contributed by atoms with van der Waals surface area (Å²) in [6, 6.07) is 0. The smallest absolute Gasteiger partial charge is 0.411 e. The molecule has 0 aromatic rings. The molecule has 0 aromatic heterocycles. The van der Waals surface area contributed by atoms with E-state index in [2.05, 4.69) is 27.4 Å². The van der Waals surface area contributed by atoms with Crippen LogP contribution >= 0.6 is 0 Å². The highest BCUT2D eigenvalue weighted by atomic mass is 16.6. The maximum atomic E-state index is 11.9. The van der Waals surface area contributed by atoms with Gasteiger partial charge in [0.25, 0.3) is 0 Å². The third-order valence-electron chi connectivity index (χ3n) is 4.37. The summed E-state index contributed by atoms with van der Waals surface area (Å²) in [4.78, 5) is 13.8. The number of amides is 1. The Balaban J connectivity index is 2.47. The summed E-state index contributed by atoms with van der Waals surface area (Å²) in [7, 11) is 0. The molecule has 2 atom stereocenters. The number of carbonyl (C=O) groups is 1. The van der Waals surface area contributed by atoms with Crippen LogP contribution in [0.2, 0.25) is 0 Å². The summed E-state index contributed by atoms with van der Waals surface area (Å²) < 4.78 is 5.68. The molecule has 0 spiro atoms. The van der Waals surface area contributed by atoms with Gasteiger partial charge in [0.15, 0.2) is 5.60 Å². The first-order chi connectivity index (χ1) is 7.48. The van der Waals surface area contributed by atoms with Gasteiger partial charge in [-0.3, -0.25) is 4.90 Å². The van der Waals surface area contributed by atoms with Crippen molar-refractivity contribution in [2.24, 2.45) is 5.92 Å². The molecule has 2 rings (SSSR count). The van der Waals surface area contributed by atoms with E-state index in [9.17, 15) is 4.79 Å². The van der Waals surface area contributed by atoms with Crippen LogP contribution in [0.3, 0.4) is 0 Å². The van der Waals surface area contributed by atoms with Gasteiger partial charge in [-0.25, -0.2) is 4.79 Å². The Kier molecular flexibility index (Phi) is 2.52.